The molecule has 0 radical (unpaired) electrons. The van der Waals surface area contributed by atoms with E-state index in [1.54, 1.807) is 0 Å². The van der Waals surface area contributed by atoms with Crippen LogP contribution in [0.2, 0.25) is 0 Å². The second kappa shape index (κ2) is 52.5. The minimum atomic E-state index is -0.815. The molecular formula is C59H107NO5. The summed E-state index contributed by atoms with van der Waals surface area (Å²) >= 11 is 0. The van der Waals surface area contributed by atoms with Crippen LogP contribution >= 0.6 is 0 Å². The highest BCUT2D eigenvalue weighted by Crippen LogP contribution is 2.16. The van der Waals surface area contributed by atoms with Gasteiger partial charge in [-0.1, -0.05) is 249 Å². The zero-order chi connectivity index (χ0) is 47.4. The first-order valence-corrected chi connectivity index (χ1v) is 28.0. The lowest BCUT2D eigenvalue weighted by atomic mass is 10.0. The smallest absolute Gasteiger partial charge is 0.306 e. The Morgan fingerprint density at radius 3 is 1.26 bits per heavy atom. The van der Waals surface area contributed by atoms with Crippen LogP contribution in [0, 0.1) is 0 Å². The molecule has 0 saturated heterocycles. The Kier molecular flexibility index (Phi) is 50.6. The van der Waals surface area contributed by atoms with Crippen LogP contribution in [0.3, 0.4) is 0 Å². The number of amides is 1. The molecule has 0 aromatic heterocycles. The van der Waals surface area contributed by atoms with Crippen molar-refractivity contribution >= 4 is 11.9 Å². The average Bonchev–Trinajstić information content (AvgIpc) is 3.30. The minimum Gasteiger partial charge on any atom is -0.458 e. The van der Waals surface area contributed by atoms with Crippen molar-refractivity contribution in [1.82, 2.24) is 5.32 Å². The molecule has 0 fully saturated rings. The Hall–Kier alpha value is -2.44. The fraction of sp³-hybridized carbons (Fsp3) is 0.797. The summed E-state index contributed by atoms with van der Waals surface area (Å²) in [6.07, 6.45) is 66.0. The molecule has 0 spiro atoms. The van der Waals surface area contributed by atoms with E-state index < -0.39 is 18.2 Å². The van der Waals surface area contributed by atoms with Crippen molar-refractivity contribution < 1.29 is 24.5 Å². The Morgan fingerprint density at radius 1 is 0.462 bits per heavy atom. The van der Waals surface area contributed by atoms with E-state index in [2.05, 4.69) is 74.7 Å². The van der Waals surface area contributed by atoms with Gasteiger partial charge in [0.2, 0.25) is 5.91 Å². The lowest BCUT2D eigenvalue weighted by Crippen LogP contribution is -2.46. The summed E-state index contributed by atoms with van der Waals surface area (Å²) in [6.45, 7) is 6.43. The van der Waals surface area contributed by atoms with Crippen LogP contribution in [0.25, 0.3) is 0 Å². The summed E-state index contributed by atoms with van der Waals surface area (Å²) in [7, 11) is 0. The summed E-state index contributed by atoms with van der Waals surface area (Å²) in [5, 5.41) is 23.8. The van der Waals surface area contributed by atoms with Gasteiger partial charge < -0.3 is 20.3 Å². The van der Waals surface area contributed by atoms with Gasteiger partial charge in [0.25, 0.3) is 0 Å². The van der Waals surface area contributed by atoms with Crippen LogP contribution in [-0.2, 0) is 14.3 Å². The number of carbonyl (C=O) groups excluding carboxylic acids is 2. The highest BCUT2D eigenvalue weighted by Gasteiger charge is 2.23. The van der Waals surface area contributed by atoms with Crippen molar-refractivity contribution in [3.8, 4) is 0 Å². The number of unbranched alkanes of at least 4 members (excludes halogenated alkanes) is 30. The second-order valence-electron chi connectivity index (χ2n) is 19.0. The standard InChI is InChI=1S/C59H107NO5/c1-4-7-10-13-16-19-22-24-26-28-29-30-32-34-37-40-43-46-49-52-59(64)65-55(50-47-44-41-38-35-21-18-15-12-9-6-3)53-58(63)60-56(54-61)57(62)51-48-45-42-39-36-33-31-27-25-23-20-17-14-11-8-5-2/h16,19,24,26,29-30,38,41,47,50,55-57,61-62H,4-15,17-18,20-23,25,27-28,31-37,39-40,42-46,48-49,51-54H2,1-3H3,(H,60,63)/b19-16-,26-24-,30-29-,41-38-,50-47+. The normalized spacial score (nSPS) is 13.6. The first-order valence-electron chi connectivity index (χ1n) is 28.0. The van der Waals surface area contributed by atoms with Gasteiger partial charge in [-0.15, -0.1) is 0 Å². The quantitative estimate of drug-likeness (QED) is 0.0321. The van der Waals surface area contributed by atoms with Gasteiger partial charge in [0, 0.05) is 6.42 Å². The van der Waals surface area contributed by atoms with Crippen LogP contribution in [0.5, 0.6) is 0 Å². The molecular weight excluding hydrogens is 803 g/mol. The topological polar surface area (TPSA) is 95.9 Å². The molecule has 6 heteroatoms. The number of hydrogen-bond acceptors (Lipinski definition) is 5. The zero-order valence-electron chi connectivity index (χ0n) is 43.1. The van der Waals surface area contributed by atoms with E-state index in [1.165, 1.54) is 167 Å². The summed E-state index contributed by atoms with van der Waals surface area (Å²) in [4.78, 5) is 26.1. The van der Waals surface area contributed by atoms with Crippen molar-refractivity contribution in [3.05, 3.63) is 60.8 Å². The van der Waals surface area contributed by atoms with E-state index in [0.29, 0.717) is 19.3 Å². The largest absolute Gasteiger partial charge is 0.458 e. The lowest BCUT2D eigenvalue weighted by molar-refractivity contribution is -0.148. The summed E-state index contributed by atoms with van der Waals surface area (Å²) in [5.74, 6) is -0.612. The summed E-state index contributed by atoms with van der Waals surface area (Å²) in [5.41, 5.74) is 0. The van der Waals surface area contributed by atoms with Crippen LogP contribution in [0.1, 0.15) is 278 Å². The molecule has 65 heavy (non-hydrogen) atoms. The van der Waals surface area contributed by atoms with Gasteiger partial charge >= 0.3 is 5.97 Å². The molecule has 3 atom stereocenters. The number of esters is 1. The molecule has 1 amide bonds. The summed E-state index contributed by atoms with van der Waals surface area (Å²) in [6, 6.07) is -0.736. The number of aliphatic hydroxyl groups is 2. The molecule has 0 heterocycles. The van der Waals surface area contributed by atoms with Crippen LogP contribution < -0.4 is 5.32 Å². The van der Waals surface area contributed by atoms with Gasteiger partial charge in [-0.2, -0.15) is 0 Å². The van der Waals surface area contributed by atoms with Crippen molar-refractivity contribution in [2.75, 3.05) is 6.61 Å². The zero-order valence-corrected chi connectivity index (χ0v) is 43.1. The maximum atomic E-state index is 13.2. The third-order valence-electron chi connectivity index (χ3n) is 12.6. The molecule has 0 aromatic carbocycles. The van der Waals surface area contributed by atoms with Gasteiger partial charge in [-0.3, -0.25) is 9.59 Å². The third-order valence-corrected chi connectivity index (χ3v) is 12.6. The van der Waals surface area contributed by atoms with Crippen LogP contribution in [0.4, 0.5) is 0 Å². The number of aliphatic hydroxyl groups excluding tert-OH is 2. The van der Waals surface area contributed by atoms with E-state index in [4.69, 9.17) is 4.74 Å². The fourth-order valence-corrected chi connectivity index (χ4v) is 8.29. The number of nitrogens with one attached hydrogen (secondary N) is 1. The predicted molar refractivity (Wildman–Crippen MR) is 282 cm³/mol. The van der Waals surface area contributed by atoms with E-state index >= 15 is 0 Å². The molecule has 0 aliphatic heterocycles. The third kappa shape index (κ3) is 47.8. The second-order valence-corrected chi connectivity index (χ2v) is 19.0. The van der Waals surface area contributed by atoms with Gasteiger partial charge in [0.15, 0.2) is 0 Å². The Morgan fingerprint density at radius 2 is 0.815 bits per heavy atom. The van der Waals surface area contributed by atoms with E-state index in [0.717, 1.165) is 64.2 Å². The SMILES string of the molecule is CCCCC/C=C\C/C=C\C/C=C\CCCCCCCCC(=O)OC(/C=C/C/C=C\CCCCCCCC)CC(=O)NC(CO)C(O)CCCCCCCCCCCCCCCCCC. The number of rotatable bonds is 50. The minimum absolute atomic E-state index is 0.0345. The monoisotopic (exact) mass is 910 g/mol. The Labute approximate surface area is 403 Å². The van der Waals surface area contributed by atoms with E-state index in [-0.39, 0.29) is 24.9 Å². The highest BCUT2D eigenvalue weighted by molar-refractivity contribution is 5.78. The molecule has 0 rings (SSSR count). The Bertz CT molecular complexity index is 1160. The molecule has 378 valence electrons. The molecule has 0 saturated carbocycles. The molecule has 0 aromatic rings. The summed E-state index contributed by atoms with van der Waals surface area (Å²) < 4.78 is 5.84. The van der Waals surface area contributed by atoms with E-state index in [9.17, 15) is 19.8 Å². The number of allylic oxidation sites excluding steroid dienone is 9. The van der Waals surface area contributed by atoms with Crippen molar-refractivity contribution in [2.24, 2.45) is 0 Å². The maximum absolute atomic E-state index is 13.2. The Balaban J connectivity index is 4.55. The first kappa shape index (κ1) is 62.6. The molecule has 0 bridgehead atoms. The van der Waals surface area contributed by atoms with Crippen molar-refractivity contribution in [3.63, 3.8) is 0 Å². The van der Waals surface area contributed by atoms with E-state index in [1.807, 2.05) is 12.2 Å². The molecule has 3 unspecified atom stereocenters. The van der Waals surface area contributed by atoms with Gasteiger partial charge in [0.1, 0.15) is 6.10 Å². The molecule has 0 aliphatic rings. The van der Waals surface area contributed by atoms with Gasteiger partial charge in [-0.25, -0.2) is 0 Å². The molecule has 3 N–H and O–H groups in total. The van der Waals surface area contributed by atoms with Gasteiger partial charge in [0.05, 0.1) is 25.2 Å². The van der Waals surface area contributed by atoms with Crippen LogP contribution in [-0.4, -0.2) is 46.9 Å². The first-order chi connectivity index (χ1) is 32.0. The fourth-order valence-electron chi connectivity index (χ4n) is 8.29. The average molecular weight is 911 g/mol. The molecule has 6 nitrogen and oxygen atoms in total. The van der Waals surface area contributed by atoms with Crippen molar-refractivity contribution in [2.45, 2.75) is 296 Å². The van der Waals surface area contributed by atoms with Gasteiger partial charge in [-0.05, 0) is 76.7 Å². The van der Waals surface area contributed by atoms with Crippen LogP contribution in [0.15, 0.2) is 60.8 Å². The molecule has 0 aliphatic carbocycles. The number of hydrogen-bond donors (Lipinski definition) is 3. The predicted octanol–water partition coefficient (Wildman–Crippen LogP) is 17.2. The highest BCUT2D eigenvalue weighted by atomic mass is 16.5. The van der Waals surface area contributed by atoms with Crippen molar-refractivity contribution in [1.29, 1.82) is 0 Å². The number of carbonyl (C=O) groups is 2. The number of ether oxygens (including phenoxy) is 1. The lowest BCUT2D eigenvalue weighted by Gasteiger charge is -2.23. The maximum Gasteiger partial charge on any atom is 0.306 e.